The summed E-state index contributed by atoms with van der Waals surface area (Å²) < 4.78 is 0. The van der Waals surface area contributed by atoms with E-state index in [0.29, 0.717) is 12.0 Å². The summed E-state index contributed by atoms with van der Waals surface area (Å²) in [6, 6.07) is 6.25. The van der Waals surface area contributed by atoms with E-state index in [2.05, 4.69) is 10.3 Å². The molecule has 0 aliphatic heterocycles. The lowest BCUT2D eigenvalue weighted by Crippen LogP contribution is -2.34. The minimum atomic E-state index is 0.282. The molecular weight excluding hydrogens is 188 g/mol. The van der Waals surface area contributed by atoms with Crippen LogP contribution in [-0.4, -0.2) is 22.7 Å². The van der Waals surface area contributed by atoms with Crippen molar-refractivity contribution >= 4 is 5.82 Å². The van der Waals surface area contributed by atoms with E-state index in [4.69, 9.17) is 0 Å². The predicted molar refractivity (Wildman–Crippen MR) is 60.7 cm³/mol. The lowest BCUT2D eigenvalue weighted by Gasteiger charge is -2.31. The maximum Gasteiger partial charge on any atom is 0.126 e. The highest BCUT2D eigenvalue weighted by atomic mass is 16.3. The molecule has 82 valence electrons. The molecule has 1 fully saturated rings. The summed E-state index contributed by atoms with van der Waals surface area (Å²) in [5, 5.41) is 12.7. The van der Waals surface area contributed by atoms with Gasteiger partial charge in [-0.2, -0.15) is 0 Å². The highest BCUT2D eigenvalue weighted by Crippen LogP contribution is 2.26. The summed E-state index contributed by atoms with van der Waals surface area (Å²) in [6.45, 7) is 0.282. The second kappa shape index (κ2) is 5.12. The SMILES string of the molecule is OCC1CCCCC1Nc1ccccn1. The maximum atomic E-state index is 9.28. The van der Waals surface area contributed by atoms with Crippen LogP contribution in [0.1, 0.15) is 25.7 Å². The summed E-state index contributed by atoms with van der Waals surface area (Å²) in [4.78, 5) is 4.25. The largest absolute Gasteiger partial charge is 0.396 e. The first-order valence-electron chi connectivity index (χ1n) is 5.68. The van der Waals surface area contributed by atoms with Crippen LogP contribution >= 0.6 is 0 Å². The quantitative estimate of drug-likeness (QED) is 0.795. The Morgan fingerprint density at radius 3 is 2.93 bits per heavy atom. The molecule has 3 nitrogen and oxygen atoms in total. The van der Waals surface area contributed by atoms with Gasteiger partial charge in [0.1, 0.15) is 5.82 Å². The van der Waals surface area contributed by atoms with E-state index in [-0.39, 0.29) is 6.61 Å². The molecule has 3 heteroatoms. The number of rotatable bonds is 3. The van der Waals surface area contributed by atoms with Crippen LogP contribution in [0, 0.1) is 5.92 Å². The lowest BCUT2D eigenvalue weighted by atomic mass is 9.85. The zero-order valence-electron chi connectivity index (χ0n) is 8.89. The number of anilines is 1. The molecule has 0 amide bonds. The number of nitrogens with one attached hydrogen (secondary N) is 1. The van der Waals surface area contributed by atoms with E-state index in [1.165, 1.54) is 12.8 Å². The molecular formula is C12H18N2O. The maximum absolute atomic E-state index is 9.28. The van der Waals surface area contributed by atoms with Gasteiger partial charge in [0.15, 0.2) is 0 Å². The number of hydrogen-bond donors (Lipinski definition) is 2. The van der Waals surface area contributed by atoms with Gasteiger partial charge in [0.25, 0.3) is 0 Å². The summed E-state index contributed by atoms with van der Waals surface area (Å²) in [5.41, 5.74) is 0. The van der Waals surface area contributed by atoms with Crippen molar-refractivity contribution in [3.63, 3.8) is 0 Å². The number of nitrogens with zero attached hydrogens (tertiary/aromatic N) is 1. The van der Waals surface area contributed by atoms with Gasteiger partial charge >= 0.3 is 0 Å². The zero-order valence-corrected chi connectivity index (χ0v) is 8.89. The average molecular weight is 206 g/mol. The fraction of sp³-hybridized carbons (Fsp3) is 0.583. The van der Waals surface area contributed by atoms with Crippen molar-refractivity contribution in [1.82, 2.24) is 4.98 Å². The van der Waals surface area contributed by atoms with Gasteiger partial charge < -0.3 is 10.4 Å². The van der Waals surface area contributed by atoms with Crippen LogP contribution in [0.3, 0.4) is 0 Å². The first-order valence-corrected chi connectivity index (χ1v) is 5.68. The van der Waals surface area contributed by atoms with Crippen molar-refractivity contribution < 1.29 is 5.11 Å². The van der Waals surface area contributed by atoms with Crippen molar-refractivity contribution in [2.75, 3.05) is 11.9 Å². The van der Waals surface area contributed by atoms with Crippen LogP contribution in [0.25, 0.3) is 0 Å². The van der Waals surface area contributed by atoms with E-state index < -0.39 is 0 Å². The highest BCUT2D eigenvalue weighted by molar-refractivity contribution is 5.34. The molecule has 1 aromatic rings. The molecule has 1 saturated carbocycles. The number of pyridine rings is 1. The van der Waals surface area contributed by atoms with Crippen molar-refractivity contribution in [2.24, 2.45) is 5.92 Å². The van der Waals surface area contributed by atoms with E-state index in [1.54, 1.807) is 6.20 Å². The fourth-order valence-electron chi connectivity index (χ4n) is 2.25. The fourth-order valence-corrected chi connectivity index (χ4v) is 2.25. The Hall–Kier alpha value is -1.09. The summed E-state index contributed by atoms with van der Waals surface area (Å²) >= 11 is 0. The molecule has 0 bridgehead atoms. The molecule has 0 aromatic carbocycles. The smallest absolute Gasteiger partial charge is 0.126 e. The molecule has 1 heterocycles. The lowest BCUT2D eigenvalue weighted by molar-refractivity contribution is 0.178. The molecule has 2 rings (SSSR count). The van der Waals surface area contributed by atoms with Crippen LogP contribution in [-0.2, 0) is 0 Å². The average Bonchev–Trinajstić information content (AvgIpc) is 2.31. The third kappa shape index (κ3) is 2.69. The number of aromatic nitrogens is 1. The van der Waals surface area contributed by atoms with Crippen molar-refractivity contribution in [3.8, 4) is 0 Å². The van der Waals surface area contributed by atoms with Crippen LogP contribution in [0.4, 0.5) is 5.82 Å². The minimum Gasteiger partial charge on any atom is -0.396 e. The zero-order chi connectivity index (χ0) is 10.5. The molecule has 1 aromatic heterocycles. The van der Waals surface area contributed by atoms with Gasteiger partial charge in [-0.15, -0.1) is 0 Å². The van der Waals surface area contributed by atoms with Crippen LogP contribution in [0.15, 0.2) is 24.4 Å². The Bertz CT molecular complexity index is 289. The molecule has 0 radical (unpaired) electrons. The third-order valence-electron chi connectivity index (χ3n) is 3.14. The Morgan fingerprint density at radius 1 is 1.33 bits per heavy atom. The summed E-state index contributed by atoms with van der Waals surface area (Å²) in [7, 11) is 0. The molecule has 1 aliphatic rings. The second-order valence-electron chi connectivity index (χ2n) is 4.19. The molecule has 0 spiro atoms. The number of hydrogen-bond acceptors (Lipinski definition) is 3. The molecule has 2 atom stereocenters. The van der Waals surface area contributed by atoms with E-state index >= 15 is 0 Å². The highest BCUT2D eigenvalue weighted by Gasteiger charge is 2.24. The Morgan fingerprint density at radius 2 is 2.20 bits per heavy atom. The van der Waals surface area contributed by atoms with Crippen LogP contribution < -0.4 is 5.32 Å². The Balaban J connectivity index is 1.97. The standard InChI is InChI=1S/C12H18N2O/c15-9-10-5-1-2-6-11(10)14-12-7-3-4-8-13-12/h3-4,7-8,10-11,15H,1-2,5-6,9H2,(H,13,14). The third-order valence-corrected chi connectivity index (χ3v) is 3.14. The molecule has 2 N–H and O–H groups in total. The van der Waals surface area contributed by atoms with Gasteiger partial charge in [-0.05, 0) is 25.0 Å². The molecule has 2 unspecified atom stereocenters. The number of aliphatic hydroxyl groups is 1. The van der Waals surface area contributed by atoms with Gasteiger partial charge in [0.2, 0.25) is 0 Å². The molecule has 0 saturated heterocycles. The minimum absolute atomic E-state index is 0.282. The van der Waals surface area contributed by atoms with Gasteiger partial charge in [-0.3, -0.25) is 0 Å². The molecule has 15 heavy (non-hydrogen) atoms. The first kappa shape index (κ1) is 10.4. The van der Waals surface area contributed by atoms with Gasteiger partial charge in [0.05, 0.1) is 0 Å². The summed E-state index contributed by atoms with van der Waals surface area (Å²) in [6.07, 6.45) is 6.55. The normalized spacial score (nSPS) is 26.2. The van der Waals surface area contributed by atoms with E-state index in [1.807, 2.05) is 18.2 Å². The Labute approximate surface area is 90.5 Å². The van der Waals surface area contributed by atoms with Gasteiger partial charge in [-0.1, -0.05) is 18.9 Å². The van der Waals surface area contributed by atoms with Crippen molar-refractivity contribution in [2.45, 2.75) is 31.7 Å². The summed E-state index contributed by atoms with van der Waals surface area (Å²) in [5.74, 6) is 1.31. The van der Waals surface area contributed by atoms with E-state index in [9.17, 15) is 5.11 Å². The topological polar surface area (TPSA) is 45.1 Å². The van der Waals surface area contributed by atoms with Crippen molar-refractivity contribution in [1.29, 1.82) is 0 Å². The van der Waals surface area contributed by atoms with Crippen LogP contribution in [0.2, 0.25) is 0 Å². The van der Waals surface area contributed by atoms with E-state index in [0.717, 1.165) is 18.7 Å². The van der Waals surface area contributed by atoms with Gasteiger partial charge in [-0.25, -0.2) is 4.98 Å². The van der Waals surface area contributed by atoms with Crippen LogP contribution in [0.5, 0.6) is 0 Å². The number of aliphatic hydroxyl groups excluding tert-OH is 1. The van der Waals surface area contributed by atoms with Crippen molar-refractivity contribution in [3.05, 3.63) is 24.4 Å². The van der Waals surface area contributed by atoms with Gasteiger partial charge in [0, 0.05) is 24.8 Å². The first-order chi connectivity index (χ1) is 7.40. The Kier molecular flexibility index (Phi) is 3.56. The second-order valence-corrected chi connectivity index (χ2v) is 4.19. The monoisotopic (exact) mass is 206 g/mol. The predicted octanol–water partition coefficient (Wildman–Crippen LogP) is 2.04. The molecule has 1 aliphatic carbocycles.